The van der Waals surface area contributed by atoms with Gasteiger partial charge in [-0.15, -0.1) is 0 Å². The first-order chi connectivity index (χ1) is 12.4. The van der Waals surface area contributed by atoms with Crippen LogP contribution in [0.1, 0.15) is 44.2 Å². The van der Waals surface area contributed by atoms with E-state index in [4.69, 9.17) is 9.72 Å². The van der Waals surface area contributed by atoms with Crippen LogP contribution < -0.4 is 10.1 Å². The van der Waals surface area contributed by atoms with E-state index in [2.05, 4.69) is 28.4 Å². The van der Waals surface area contributed by atoms with Crippen molar-refractivity contribution < 1.29 is 4.74 Å². The molecule has 2 aromatic rings. The Kier molecular flexibility index (Phi) is 7.07. The van der Waals surface area contributed by atoms with E-state index in [0.717, 1.165) is 35.4 Å². The number of rotatable bonds is 8. The highest BCUT2D eigenvalue weighted by Gasteiger charge is 2.08. The van der Waals surface area contributed by atoms with E-state index in [1.807, 2.05) is 12.1 Å². The minimum atomic E-state index is 0.817. The van der Waals surface area contributed by atoms with Gasteiger partial charge in [0, 0.05) is 11.9 Å². The average Bonchev–Trinajstić information content (AvgIpc) is 2.92. The lowest BCUT2D eigenvalue weighted by molar-refractivity contribution is 0.278. The van der Waals surface area contributed by atoms with Gasteiger partial charge < -0.3 is 15.0 Å². The van der Waals surface area contributed by atoms with E-state index in [-0.39, 0.29) is 0 Å². The van der Waals surface area contributed by atoms with Crippen molar-refractivity contribution in [2.75, 3.05) is 33.3 Å². The first kappa shape index (κ1) is 18.2. The summed E-state index contributed by atoms with van der Waals surface area (Å²) in [6, 6.07) is 10.3. The number of ether oxygens (including phenoxy) is 1. The summed E-state index contributed by atoms with van der Waals surface area (Å²) >= 11 is 0. The third kappa shape index (κ3) is 5.41. The van der Waals surface area contributed by atoms with Crippen molar-refractivity contribution in [1.29, 1.82) is 0 Å². The average molecular weight is 341 g/mol. The number of likely N-dealkylation sites (tertiary alicyclic amines) is 1. The van der Waals surface area contributed by atoms with Gasteiger partial charge in [0.2, 0.25) is 0 Å². The molecule has 0 radical (unpaired) electrons. The summed E-state index contributed by atoms with van der Waals surface area (Å²) in [5, 5.41) is 4.66. The minimum Gasteiger partial charge on any atom is -0.494 e. The molecule has 0 unspecified atom stereocenters. The molecule has 0 saturated carbocycles. The normalized spacial score (nSPS) is 16.0. The number of hydrogen-bond donors (Lipinski definition) is 1. The highest BCUT2D eigenvalue weighted by atomic mass is 16.5. The zero-order valence-electron chi connectivity index (χ0n) is 15.5. The number of para-hydroxylation sites is 1. The molecule has 25 heavy (non-hydrogen) atoms. The Hall–Kier alpha value is -1.65. The fraction of sp³-hybridized carbons (Fsp3) is 0.571. The molecular weight excluding hydrogens is 310 g/mol. The lowest BCUT2D eigenvalue weighted by Crippen LogP contribution is -2.26. The summed E-state index contributed by atoms with van der Waals surface area (Å²) in [6.45, 7) is 5.73. The molecule has 4 heteroatoms. The number of fused-ring (bicyclic) bond motifs is 1. The Balaban J connectivity index is 1.39. The largest absolute Gasteiger partial charge is 0.494 e. The molecular formula is C21H31N3O. The van der Waals surface area contributed by atoms with E-state index >= 15 is 0 Å². The van der Waals surface area contributed by atoms with E-state index in [1.54, 1.807) is 7.11 Å². The summed E-state index contributed by atoms with van der Waals surface area (Å²) in [4.78, 5) is 7.39. The highest BCUT2D eigenvalue weighted by molar-refractivity contribution is 5.84. The summed E-state index contributed by atoms with van der Waals surface area (Å²) in [5.74, 6) is 0.844. The van der Waals surface area contributed by atoms with Gasteiger partial charge in [-0.1, -0.05) is 31.0 Å². The zero-order valence-corrected chi connectivity index (χ0v) is 15.5. The summed E-state index contributed by atoms with van der Waals surface area (Å²) < 4.78 is 5.42. The van der Waals surface area contributed by atoms with Crippen molar-refractivity contribution in [2.45, 2.75) is 45.1 Å². The van der Waals surface area contributed by atoms with E-state index in [0.29, 0.717) is 0 Å². The molecule has 4 nitrogen and oxygen atoms in total. The van der Waals surface area contributed by atoms with Gasteiger partial charge in [0.1, 0.15) is 11.3 Å². The molecule has 0 atom stereocenters. The third-order valence-electron chi connectivity index (χ3n) is 5.04. The smallest absolute Gasteiger partial charge is 0.145 e. The molecule has 1 aromatic carbocycles. The number of aromatic nitrogens is 1. The quantitative estimate of drug-likeness (QED) is 0.737. The van der Waals surface area contributed by atoms with Crippen LogP contribution in [0.3, 0.4) is 0 Å². The molecule has 1 saturated heterocycles. The molecule has 1 aliphatic heterocycles. The van der Waals surface area contributed by atoms with E-state index in [1.165, 1.54) is 58.2 Å². The van der Waals surface area contributed by atoms with Gasteiger partial charge in [-0.05, 0) is 64.0 Å². The van der Waals surface area contributed by atoms with Crippen molar-refractivity contribution >= 4 is 10.9 Å². The van der Waals surface area contributed by atoms with Gasteiger partial charge in [0.25, 0.3) is 0 Å². The van der Waals surface area contributed by atoms with Crippen LogP contribution in [0.5, 0.6) is 5.75 Å². The molecule has 3 rings (SSSR count). The second-order valence-electron chi connectivity index (χ2n) is 6.97. The molecule has 1 aromatic heterocycles. The molecule has 1 aliphatic rings. The van der Waals surface area contributed by atoms with Crippen LogP contribution in [0.25, 0.3) is 10.9 Å². The molecule has 1 N–H and O–H groups in total. The summed E-state index contributed by atoms with van der Waals surface area (Å²) in [5.41, 5.74) is 2.02. The molecule has 136 valence electrons. The zero-order chi connectivity index (χ0) is 17.3. The minimum absolute atomic E-state index is 0.817. The Labute approximate surface area is 151 Å². The lowest BCUT2D eigenvalue weighted by atomic mass is 10.2. The van der Waals surface area contributed by atoms with Crippen molar-refractivity contribution in [3.05, 3.63) is 36.0 Å². The maximum absolute atomic E-state index is 5.42. The summed E-state index contributed by atoms with van der Waals surface area (Å²) in [7, 11) is 1.70. The van der Waals surface area contributed by atoms with Gasteiger partial charge in [0.05, 0.1) is 12.8 Å². The summed E-state index contributed by atoms with van der Waals surface area (Å²) in [6.07, 6.45) is 8.12. The molecule has 0 bridgehead atoms. The molecule has 0 aliphatic carbocycles. The number of unbranched alkanes of at least 4 members (excludes halogenated alkanes) is 1. The number of methoxy groups -OCH3 is 1. The van der Waals surface area contributed by atoms with Gasteiger partial charge in [-0.25, -0.2) is 4.98 Å². The van der Waals surface area contributed by atoms with Crippen LogP contribution in [0, 0.1) is 0 Å². The van der Waals surface area contributed by atoms with Crippen LogP contribution in [-0.4, -0.2) is 43.2 Å². The lowest BCUT2D eigenvalue weighted by Gasteiger charge is -2.19. The van der Waals surface area contributed by atoms with Crippen LogP contribution in [0.4, 0.5) is 0 Å². The molecule has 1 fully saturated rings. The Bertz CT molecular complexity index is 651. The Morgan fingerprint density at radius 2 is 1.88 bits per heavy atom. The number of hydrogen-bond acceptors (Lipinski definition) is 4. The number of nitrogens with one attached hydrogen (secondary N) is 1. The maximum Gasteiger partial charge on any atom is 0.145 e. The second-order valence-corrected chi connectivity index (χ2v) is 6.97. The number of pyridine rings is 1. The predicted octanol–water partition coefficient (Wildman–Crippen LogP) is 3.99. The fourth-order valence-electron chi connectivity index (χ4n) is 3.59. The number of benzene rings is 1. The van der Waals surface area contributed by atoms with Crippen molar-refractivity contribution in [1.82, 2.24) is 15.2 Å². The van der Waals surface area contributed by atoms with Crippen LogP contribution in [0.15, 0.2) is 30.3 Å². The first-order valence-corrected chi connectivity index (χ1v) is 9.72. The van der Waals surface area contributed by atoms with Gasteiger partial charge >= 0.3 is 0 Å². The fourth-order valence-corrected chi connectivity index (χ4v) is 3.59. The Morgan fingerprint density at radius 1 is 1.04 bits per heavy atom. The first-order valence-electron chi connectivity index (χ1n) is 9.72. The van der Waals surface area contributed by atoms with E-state index in [9.17, 15) is 0 Å². The van der Waals surface area contributed by atoms with Gasteiger partial charge in [-0.3, -0.25) is 0 Å². The van der Waals surface area contributed by atoms with E-state index < -0.39 is 0 Å². The monoisotopic (exact) mass is 341 g/mol. The van der Waals surface area contributed by atoms with Gasteiger partial charge in [0.15, 0.2) is 0 Å². The standard InChI is InChI=1S/C21H31N3O/c1-25-20-10-8-9-18-11-12-19(23-21(18)20)17-22-13-4-7-16-24-14-5-2-3-6-15-24/h8-12,22H,2-7,13-17H2,1H3. The van der Waals surface area contributed by atoms with Crippen molar-refractivity contribution in [2.24, 2.45) is 0 Å². The van der Waals surface area contributed by atoms with Gasteiger partial charge in [-0.2, -0.15) is 0 Å². The third-order valence-corrected chi connectivity index (χ3v) is 5.04. The maximum atomic E-state index is 5.42. The van der Waals surface area contributed by atoms with Crippen LogP contribution in [-0.2, 0) is 6.54 Å². The Morgan fingerprint density at radius 3 is 2.68 bits per heavy atom. The second kappa shape index (κ2) is 9.73. The number of nitrogens with zero attached hydrogens (tertiary/aromatic N) is 2. The molecule has 0 spiro atoms. The van der Waals surface area contributed by atoms with Crippen LogP contribution in [0.2, 0.25) is 0 Å². The highest BCUT2D eigenvalue weighted by Crippen LogP contribution is 2.23. The molecule has 0 amide bonds. The van der Waals surface area contributed by atoms with Crippen molar-refractivity contribution in [3.8, 4) is 5.75 Å². The molecule has 2 heterocycles. The topological polar surface area (TPSA) is 37.4 Å². The predicted molar refractivity (Wildman–Crippen MR) is 104 cm³/mol. The van der Waals surface area contributed by atoms with Crippen molar-refractivity contribution in [3.63, 3.8) is 0 Å². The SMILES string of the molecule is COc1cccc2ccc(CNCCCCN3CCCCCC3)nc12. The van der Waals surface area contributed by atoms with Crippen LogP contribution >= 0.6 is 0 Å².